The number of rotatable bonds is 3. The molecule has 0 radical (unpaired) electrons. The van der Waals surface area contributed by atoms with Crippen LogP contribution in [0.25, 0.3) is 11.3 Å². The minimum absolute atomic E-state index is 1.01. The lowest BCUT2D eigenvalue weighted by atomic mass is 10.0. The van der Waals surface area contributed by atoms with Gasteiger partial charge in [-0.25, -0.2) is 0 Å². The van der Waals surface area contributed by atoms with Crippen molar-refractivity contribution in [1.82, 2.24) is 4.98 Å². The van der Waals surface area contributed by atoms with E-state index in [1.807, 2.05) is 13.1 Å². The van der Waals surface area contributed by atoms with Crippen molar-refractivity contribution in [2.75, 3.05) is 7.05 Å². The van der Waals surface area contributed by atoms with Crippen molar-refractivity contribution in [3.63, 3.8) is 0 Å². The SMILES string of the molecule is CCc1cccc(-c2ccc(/C=N\C)c(C)n2)c1. The van der Waals surface area contributed by atoms with Gasteiger partial charge in [0.1, 0.15) is 0 Å². The molecule has 0 N–H and O–H groups in total. The summed E-state index contributed by atoms with van der Waals surface area (Å²) < 4.78 is 0. The van der Waals surface area contributed by atoms with Gasteiger partial charge in [0.05, 0.1) is 5.69 Å². The minimum atomic E-state index is 1.01. The van der Waals surface area contributed by atoms with Crippen molar-refractivity contribution in [3.8, 4) is 11.3 Å². The van der Waals surface area contributed by atoms with Gasteiger partial charge in [-0.2, -0.15) is 0 Å². The quantitative estimate of drug-likeness (QED) is 0.749. The molecule has 0 aliphatic heterocycles. The molecule has 0 spiro atoms. The second-order valence-corrected chi connectivity index (χ2v) is 4.31. The number of hydrogen-bond donors (Lipinski definition) is 0. The lowest BCUT2D eigenvalue weighted by molar-refractivity contribution is 1.13. The van der Waals surface area contributed by atoms with Gasteiger partial charge in [0.2, 0.25) is 0 Å². The molecule has 2 heteroatoms. The van der Waals surface area contributed by atoms with Gasteiger partial charge >= 0.3 is 0 Å². The molecule has 0 aliphatic rings. The first-order chi connectivity index (χ1) is 8.74. The van der Waals surface area contributed by atoms with E-state index in [4.69, 9.17) is 0 Å². The van der Waals surface area contributed by atoms with Crippen LogP contribution in [-0.2, 0) is 6.42 Å². The number of aromatic nitrogens is 1. The molecular weight excluding hydrogens is 220 g/mol. The van der Waals surface area contributed by atoms with Crippen molar-refractivity contribution in [2.45, 2.75) is 20.3 Å². The van der Waals surface area contributed by atoms with E-state index in [0.29, 0.717) is 0 Å². The van der Waals surface area contributed by atoms with Gasteiger partial charge < -0.3 is 0 Å². The normalized spacial score (nSPS) is 11.1. The van der Waals surface area contributed by atoms with Crippen LogP contribution in [0.4, 0.5) is 0 Å². The maximum Gasteiger partial charge on any atom is 0.0705 e. The zero-order valence-electron chi connectivity index (χ0n) is 11.1. The zero-order valence-corrected chi connectivity index (χ0v) is 11.1. The van der Waals surface area contributed by atoms with E-state index >= 15 is 0 Å². The summed E-state index contributed by atoms with van der Waals surface area (Å²) >= 11 is 0. The minimum Gasteiger partial charge on any atom is -0.296 e. The fraction of sp³-hybridized carbons (Fsp3) is 0.250. The molecule has 0 saturated heterocycles. The largest absolute Gasteiger partial charge is 0.296 e. The van der Waals surface area contributed by atoms with Crippen LogP contribution in [-0.4, -0.2) is 18.2 Å². The van der Waals surface area contributed by atoms with Crippen molar-refractivity contribution >= 4 is 6.21 Å². The first kappa shape index (κ1) is 12.5. The highest BCUT2D eigenvalue weighted by molar-refractivity contribution is 5.81. The van der Waals surface area contributed by atoms with Crippen LogP contribution >= 0.6 is 0 Å². The van der Waals surface area contributed by atoms with Crippen molar-refractivity contribution in [1.29, 1.82) is 0 Å². The van der Waals surface area contributed by atoms with Gasteiger partial charge in [0, 0.05) is 30.1 Å². The summed E-state index contributed by atoms with van der Waals surface area (Å²) in [4.78, 5) is 8.68. The van der Waals surface area contributed by atoms with E-state index in [2.05, 4.69) is 53.3 Å². The van der Waals surface area contributed by atoms with Crippen LogP contribution in [0.15, 0.2) is 41.4 Å². The van der Waals surface area contributed by atoms with Gasteiger partial charge in [0.15, 0.2) is 0 Å². The Labute approximate surface area is 108 Å². The molecule has 2 nitrogen and oxygen atoms in total. The third-order valence-corrected chi connectivity index (χ3v) is 3.03. The van der Waals surface area contributed by atoms with Crippen LogP contribution in [0.3, 0.4) is 0 Å². The predicted octanol–water partition coefficient (Wildman–Crippen LogP) is 3.67. The summed E-state index contributed by atoms with van der Waals surface area (Å²) in [5, 5.41) is 0. The van der Waals surface area contributed by atoms with E-state index in [1.54, 1.807) is 7.05 Å². The molecule has 0 atom stereocenters. The van der Waals surface area contributed by atoms with Crippen molar-refractivity contribution < 1.29 is 0 Å². The van der Waals surface area contributed by atoms with Gasteiger partial charge in [-0.1, -0.05) is 25.1 Å². The molecule has 1 aromatic carbocycles. The van der Waals surface area contributed by atoms with Gasteiger partial charge in [0.25, 0.3) is 0 Å². The Morgan fingerprint density at radius 1 is 1.22 bits per heavy atom. The topological polar surface area (TPSA) is 25.2 Å². The molecule has 0 fully saturated rings. The molecular formula is C16H18N2. The Morgan fingerprint density at radius 3 is 2.72 bits per heavy atom. The van der Waals surface area contributed by atoms with Gasteiger partial charge in [-0.15, -0.1) is 0 Å². The van der Waals surface area contributed by atoms with Gasteiger partial charge in [-0.3, -0.25) is 9.98 Å². The second kappa shape index (κ2) is 5.58. The number of nitrogens with zero attached hydrogens (tertiary/aromatic N) is 2. The Balaban J connectivity index is 2.42. The molecule has 0 unspecified atom stereocenters. The molecule has 0 saturated carbocycles. The van der Waals surface area contributed by atoms with Crippen LogP contribution in [0, 0.1) is 6.92 Å². The van der Waals surface area contributed by atoms with E-state index in [1.165, 1.54) is 11.1 Å². The molecule has 0 bridgehead atoms. The fourth-order valence-corrected chi connectivity index (χ4v) is 1.96. The average molecular weight is 238 g/mol. The second-order valence-electron chi connectivity index (χ2n) is 4.31. The number of aryl methyl sites for hydroxylation is 2. The fourth-order valence-electron chi connectivity index (χ4n) is 1.96. The molecule has 1 aromatic heterocycles. The van der Waals surface area contributed by atoms with Crippen LogP contribution in [0.5, 0.6) is 0 Å². The smallest absolute Gasteiger partial charge is 0.0705 e. The standard InChI is InChI=1S/C16H18N2/c1-4-13-6-5-7-14(10-13)16-9-8-15(11-17-3)12(2)18-16/h5-11H,4H2,1-3H3/b17-11-. The van der Waals surface area contributed by atoms with E-state index in [0.717, 1.165) is 23.4 Å². The molecule has 2 aromatic rings. The van der Waals surface area contributed by atoms with Crippen LogP contribution < -0.4 is 0 Å². The Bertz CT molecular complexity index is 571. The summed E-state index contributed by atoms with van der Waals surface area (Å²) in [6.07, 6.45) is 2.89. The van der Waals surface area contributed by atoms with Crippen molar-refractivity contribution in [2.24, 2.45) is 4.99 Å². The molecule has 2 rings (SSSR count). The number of pyridine rings is 1. The summed E-state index contributed by atoms with van der Waals surface area (Å²) in [6, 6.07) is 12.7. The van der Waals surface area contributed by atoms with E-state index in [-0.39, 0.29) is 0 Å². The molecule has 1 heterocycles. The average Bonchev–Trinajstić information content (AvgIpc) is 2.41. The highest BCUT2D eigenvalue weighted by Crippen LogP contribution is 2.20. The van der Waals surface area contributed by atoms with Crippen molar-refractivity contribution in [3.05, 3.63) is 53.2 Å². The van der Waals surface area contributed by atoms with E-state index < -0.39 is 0 Å². The maximum absolute atomic E-state index is 4.65. The summed E-state index contributed by atoms with van der Waals surface area (Å²) in [7, 11) is 1.78. The molecule has 0 aliphatic carbocycles. The van der Waals surface area contributed by atoms with Gasteiger partial charge in [-0.05, 0) is 37.1 Å². The maximum atomic E-state index is 4.65. The zero-order chi connectivity index (χ0) is 13.0. The predicted molar refractivity (Wildman–Crippen MR) is 77.3 cm³/mol. The summed E-state index contributed by atoms with van der Waals surface area (Å²) in [5.74, 6) is 0. The number of aliphatic imine (C=N–C) groups is 1. The molecule has 0 amide bonds. The number of benzene rings is 1. The summed E-state index contributed by atoms with van der Waals surface area (Å²) in [6.45, 7) is 4.18. The lowest BCUT2D eigenvalue weighted by Gasteiger charge is -2.06. The lowest BCUT2D eigenvalue weighted by Crippen LogP contribution is -1.94. The molecule has 92 valence electrons. The molecule has 18 heavy (non-hydrogen) atoms. The highest BCUT2D eigenvalue weighted by Gasteiger charge is 2.03. The first-order valence-corrected chi connectivity index (χ1v) is 6.23. The monoisotopic (exact) mass is 238 g/mol. The Morgan fingerprint density at radius 2 is 2.06 bits per heavy atom. The van der Waals surface area contributed by atoms with Crippen LogP contribution in [0.1, 0.15) is 23.7 Å². The third kappa shape index (κ3) is 2.65. The Kier molecular flexibility index (Phi) is 3.88. The Hall–Kier alpha value is -1.96. The summed E-state index contributed by atoms with van der Waals surface area (Å²) in [5.41, 5.74) is 5.63. The highest BCUT2D eigenvalue weighted by atomic mass is 14.7. The van der Waals surface area contributed by atoms with Crippen LogP contribution in [0.2, 0.25) is 0 Å². The first-order valence-electron chi connectivity index (χ1n) is 6.23. The number of hydrogen-bond acceptors (Lipinski definition) is 2. The third-order valence-electron chi connectivity index (χ3n) is 3.03. The van der Waals surface area contributed by atoms with E-state index in [9.17, 15) is 0 Å².